The molecule has 2 fully saturated rings. The molecular weight excluding hydrogens is 404 g/mol. The number of fused-ring (bicyclic) bond motifs is 1. The summed E-state index contributed by atoms with van der Waals surface area (Å²) in [5.74, 6) is 0.587. The molecule has 1 N–H and O–H groups in total. The van der Waals surface area contributed by atoms with E-state index < -0.39 is 0 Å². The summed E-state index contributed by atoms with van der Waals surface area (Å²) in [6.07, 6.45) is 9.12. The van der Waals surface area contributed by atoms with Crippen LogP contribution in [0.4, 0.5) is 11.5 Å². The summed E-state index contributed by atoms with van der Waals surface area (Å²) in [5.41, 5.74) is 1.98. The van der Waals surface area contributed by atoms with Crippen LogP contribution in [-0.2, 0) is 11.3 Å². The summed E-state index contributed by atoms with van der Waals surface area (Å²) in [7, 11) is 0. The highest BCUT2D eigenvalue weighted by atomic mass is 16.2. The van der Waals surface area contributed by atoms with E-state index in [9.17, 15) is 9.59 Å². The SMILES string of the molecule is O=C1CNc2ncc(C(=O)N3CCCCC3CN3CCCC3)cc2N1Cc1ccccn1. The molecule has 2 aromatic rings. The fourth-order valence-corrected chi connectivity index (χ4v) is 5.01. The molecule has 0 saturated carbocycles. The van der Waals surface area contributed by atoms with E-state index in [4.69, 9.17) is 0 Å². The van der Waals surface area contributed by atoms with Crippen molar-refractivity contribution < 1.29 is 9.59 Å². The third-order valence-corrected chi connectivity index (χ3v) is 6.72. The van der Waals surface area contributed by atoms with Gasteiger partial charge in [0.25, 0.3) is 5.91 Å². The smallest absolute Gasteiger partial charge is 0.255 e. The van der Waals surface area contributed by atoms with E-state index in [1.54, 1.807) is 17.3 Å². The first-order chi connectivity index (χ1) is 15.7. The maximum absolute atomic E-state index is 13.5. The van der Waals surface area contributed by atoms with Crippen molar-refractivity contribution in [2.24, 2.45) is 0 Å². The van der Waals surface area contributed by atoms with Crippen LogP contribution in [0.5, 0.6) is 0 Å². The van der Waals surface area contributed by atoms with Crippen molar-refractivity contribution in [1.29, 1.82) is 0 Å². The Bertz CT molecular complexity index is 976. The predicted octanol–water partition coefficient (Wildman–Crippen LogP) is 2.53. The number of carbonyl (C=O) groups excluding carboxylic acids is 2. The molecule has 1 unspecified atom stereocenters. The standard InChI is InChI=1S/C24H30N6O2/c31-22-15-27-23-21(30(22)16-19-7-1-3-9-25-19)13-18(14-26-23)24(32)29-12-4-2-8-20(29)17-28-10-5-6-11-28/h1,3,7,9,13-14,20H,2,4-6,8,10-12,15-17H2,(H,26,27). The van der Waals surface area contributed by atoms with Crippen molar-refractivity contribution in [2.45, 2.75) is 44.7 Å². The van der Waals surface area contributed by atoms with E-state index in [0.717, 1.165) is 44.7 Å². The van der Waals surface area contributed by atoms with Crippen molar-refractivity contribution in [3.63, 3.8) is 0 Å². The number of nitrogens with zero attached hydrogens (tertiary/aromatic N) is 5. The minimum atomic E-state index is -0.0561. The number of rotatable bonds is 5. The van der Waals surface area contributed by atoms with Crippen LogP contribution >= 0.6 is 0 Å². The average Bonchev–Trinajstić information content (AvgIpc) is 3.34. The normalized spacial score (nSPS) is 21.4. The van der Waals surface area contributed by atoms with Crippen molar-refractivity contribution in [3.8, 4) is 0 Å². The molecule has 0 spiro atoms. The summed E-state index contributed by atoms with van der Waals surface area (Å²) in [4.78, 5) is 41.3. The average molecular weight is 435 g/mol. The lowest BCUT2D eigenvalue weighted by atomic mass is 10.00. The van der Waals surface area contributed by atoms with E-state index in [1.165, 1.54) is 19.3 Å². The second-order valence-electron chi connectivity index (χ2n) is 8.90. The lowest BCUT2D eigenvalue weighted by Crippen LogP contribution is -2.49. The monoisotopic (exact) mass is 434 g/mol. The topological polar surface area (TPSA) is 81.7 Å². The Kier molecular flexibility index (Phi) is 6.03. The van der Waals surface area contributed by atoms with Crippen LogP contribution in [0.2, 0.25) is 0 Å². The molecule has 5 rings (SSSR count). The quantitative estimate of drug-likeness (QED) is 0.779. The van der Waals surface area contributed by atoms with Crippen LogP contribution in [0.3, 0.4) is 0 Å². The van der Waals surface area contributed by atoms with E-state index in [0.29, 0.717) is 23.6 Å². The maximum Gasteiger partial charge on any atom is 0.255 e. The lowest BCUT2D eigenvalue weighted by molar-refractivity contribution is -0.117. The Labute approximate surface area is 188 Å². The summed E-state index contributed by atoms with van der Waals surface area (Å²) < 4.78 is 0. The highest BCUT2D eigenvalue weighted by Crippen LogP contribution is 2.31. The molecule has 8 heteroatoms. The zero-order chi connectivity index (χ0) is 21.9. The van der Waals surface area contributed by atoms with Crippen LogP contribution in [0.1, 0.15) is 48.2 Å². The van der Waals surface area contributed by atoms with Gasteiger partial charge in [-0.15, -0.1) is 0 Å². The second kappa shape index (κ2) is 9.24. The lowest BCUT2D eigenvalue weighted by Gasteiger charge is -2.38. The van der Waals surface area contributed by atoms with Gasteiger partial charge in [0.05, 0.1) is 30.0 Å². The van der Waals surface area contributed by atoms with Crippen LogP contribution in [0.25, 0.3) is 0 Å². The van der Waals surface area contributed by atoms with E-state index in [1.807, 2.05) is 29.2 Å². The van der Waals surface area contributed by atoms with Gasteiger partial charge >= 0.3 is 0 Å². The number of hydrogen-bond acceptors (Lipinski definition) is 6. The predicted molar refractivity (Wildman–Crippen MR) is 123 cm³/mol. The molecule has 3 aliphatic rings. The first kappa shape index (κ1) is 20.9. The highest BCUT2D eigenvalue weighted by Gasteiger charge is 2.32. The first-order valence-corrected chi connectivity index (χ1v) is 11.7. The fraction of sp³-hybridized carbons (Fsp3) is 0.500. The molecule has 0 bridgehead atoms. The number of pyridine rings is 2. The molecule has 32 heavy (non-hydrogen) atoms. The van der Waals surface area contributed by atoms with Gasteiger partial charge < -0.3 is 20.0 Å². The Hall–Kier alpha value is -3.00. The molecule has 1 atom stereocenters. The van der Waals surface area contributed by atoms with Gasteiger partial charge in [-0.25, -0.2) is 4.98 Å². The largest absolute Gasteiger partial charge is 0.359 e. The first-order valence-electron chi connectivity index (χ1n) is 11.7. The van der Waals surface area contributed by atoms with E-state index >= 15 is 0 Å². The Morgan fingerprint density at radius 1 is 1.09 bits per heavy atom. The molecule has 0 radical (unpaired) electrons. The van der Waals surface area contributed by atoms with Gasteiger partial charge in [-0.1, -0.05) is 6.07 Å². The Morgan fingerprint density at radius 3 is 2.75 bits per heavy atom. The zero-order valence-electron chi connectivity index (χ0n) is 18.4. The summed E-state index contributed by atoms with van der Waals surface area (Å²) >= 11 is 0. The number of hydrogen-bond donors (Lipinski definition) is 1. The van der Waals surface area contributed by atoms with Gasteiger partial charge in [0.2, 0.25) is 5.91 Å². The summed E-state index contributed by atoms with van der Waals surface area (Å²) in [6.45, 7) is 4.54. The van der Waals surface area contributed by atoms with Gasteiger partial charge in [-0.05, 0) is 63.4 Å². The van der Waals surface area contributed by atoms with Crippen LogP contribution in [0.15, 0.2) is 36.7 Å². The Balaban J connectivity index is 1.39. The van der Waals surface area contributed by atoms with Crippen molar-refractivity contribution in [2.75, 3.05) is 42.9 Å². The van der Waals surface area contributed by atoms with Gasteiger partial charge in [0.1, 0.15) is 0 Å². The second-order valence-corrected chi connectivity index (χ2v) is 8.90. The summed E-state index contributed by atoms with van der Waals surface area (Å²) in [6, 6.07) is 7.72. The number of nitrogens with one attached hydrogen (secondary N) is 1. The molecule has 2 amide bonds. The molecule has 8 nitrogen and oxygen atoms in total. The molecule has 0 aromatic carbocycles. The third-order valence-electron chi connectivity index (χ3n) is 6.72. The van der Waals surface area contributed by atoms with E-state index in [2.05, 4.69) is 20.2 Å². The minimum Gasteiger partial charge on any atom is -0.359 e. The van der Waals surface area contributed by atoms with Crippen LogP contribution in [-0.4, -0.2) is 70.3 Å². The van der Waals surface area contributed by atoms with Crippen LogP contribution in [0, 0.1) is 0 Å². The molecule has 5 heterocycles. The number of piperidine rings is 1. The number of anilines is 2. The molecule has 3 aliphatic heterocycles. The van der Waals surface area contributed by atoms with Gasteiger partial charge in [-0.2, -0.15) is 0 Å². The zero-order valence-corrected chi connectivity index (χ0v) is 18.4. The van der Waals surface area contributed by atoms with Gasteiger partial charge in [0.15, 0.2) is 5.82 Å². The molecule has 168 valence electrons. The molecule has 2 aromatic heterocycles. The third kappa shape index (κ3) is 4.32. The number of likely N-dealkylation sites (tertiary alicyclic amines) is 2. The molecular formula is C24H30N6O2. The highest BCUT2D eigenvalue weighted by molar-refractivity contribution is 6.04. The molecule has 2 saturated heterocycles. The van der Waals surface area contributed by atoms with Crippen LogP contribution < -0.4 is 10.2 Å². The number of aromatic nitrogens is 2. The maximum atomic E-state index is 13.5. The van der Waals surface area contributed by atoms with E-state index in [-0.39, 0.29) is 24.4 Å². The number of amides is 2. The van der Waals surface area contributed by atoms with Crippen molar-refractivity contribution in [3.05, 3.63) is 47.9 Å². The minimum absolute atomic E-state index is 0.0139. The van der Waals surface area contributed by atoms with Crippen molar-refractivity contribution >= 4 is 23.3 Å². The van der Waals surface area contributed by atoms with Gasteiger partial charge in [0, 0.05) is 31.5 Å². The Morgan fingerprint density at radius 2 is 1.94 bits per heavy atom. The van der Waals surface area contributed by atoms with Crippen molar-refractivity contribution in [1.82, 2.24) is 19.8 Å². The fourth-order valence-electron chi connectivity index (χ4n) is 5.01. The summed E-state index contributed by atoms with van der Waals surface area (Å²) in [5, 5.41) is 3.08. The number of carbonyl (C=O) groups is 2. The van der Waals surface area contributed by atoms with Gasteiger partial charge in [-0.3, -0.25) is 14.6 Å². The molecule has 0 aliphatic carbocycles.